The number of aliphatic hydroxyl groups is 1. The lowest BCUT2D eigenvalue weighted by atomic mass is 9.93. The molecule has 8 nitrogen and oxygen atoms in total. The minimum atomic E-state index is -1.00. The highest BCUT2D eigenvalue weighted by Crippen LogP contribution is 2.19. The van der Waals surface area contributed by atoms with Crippen molar-refractivity contribution >= 4 is 23.4 Å². The number of nitrogens with two attached hydrogens (primary N) is 2. The van der Waals surface area contributed by atoms with Crippen LogP contribution in [-0.4, -0.2) is 47.2 Å². The molecule has 258 valence electrons. The molecule has 8 heteroatoms. The third-order valence-corrected chi connectivity index (χ3v) is 7.83. The lowest BCUT2D eigenvalue weighted by Gasteiger charge is -2.18. The first-order chi connectivity index (χ1) is 22.4. The molecule has 0 saturated heterocycles. The predicted molar refractivity (Wildman–Crippen MR) is 195 cm³/mol. The predicted octanol–water partition coefficient (Wildman–Crippen LogP) is 6.52. The summed E-state index contributed by atoms with van der Waals surface area (Å²) in [5.74, 6) is 0.174. The number of hydrogen-bond donors (Lipinski definition) is 4. The molecule has 1 amide bonds. The highest BCUT2D eigenvalue weighted by molar-refractivity contribution is 6.15. The number of allylic oxidation sites excluding steroid dienone is 13. The van der Waals surface area contributed by atoms with Crippen LogP contribution < -0.4 is 16.8 Å². The Morgan fingerprint density at radius 2 is 1.49 bits per heavy atom. The number of amides is 1. The number of unbranched alkanes of at least 4 members (excludes halogenated alkanes) is 2. The van der Waals surface area contributed by atoms with E-state index in [2.05, 4.69) is 54.5 Å². The number of hydrogen-bond acceptors (Lipinski definition) is 5. The fourth-order valence-corrected chi connectivity index (χ4v) is 4.92. The van der Waals surface area contributed by atoms with Crippen LogP contribution in [0.15, 0.2) is 101 Å². The third kappa shape index (κ3) is 19.3. The maximum atomic E-state index is 12.2. The molecule has 0 aliphatic heterocycles. The Hall–Kier alpha value is -4.04. The zero-order valence-electron chi connectivity index (χ0n) is 29.1. The highest BCUT2D eigenvalue weighted by Gasteiger charge is 2.33. The van der Waals surface area contributed by atoms with E-state index in [9.17, 15) is 19.5 Å². The van der Waals surface area contributed by atoms with Gasteiger partial charge in [0.05, 0.1) is 6.10 Å². The Labute approximate surface area is 282 Å². The van der Waals surface area contributed by atoms with E-state index in [0.29, 0.717) is 24.0 Å². The number of nitrogens with one attached hydrogen (secondary N) is 1. The van der Waals surface area contributed by atoms with Gasteiger partial charge in [0.1, 0.15) is 6.04 Å². The summed E-state index contributed by atoms with van der Waals surface area (Å²) in [5, 5.41) is 13.3. The van der Waals surface area contributed by atoms with Crippen LogP contribution in [0.3, 0.4) is 0 Å². The minimum absolute atomic E-state index is 0.0160. The van der Waals surface area contributed by atoms with E-state index in [1.807, 2.05) is 50.3 Å². The smallest absolute Gasteiger partial charge is 0.247 e. The van der Waals surface area contributed by atoms with E-state index in [0.717, 1.165) is 44.1 Å². The molecule has 0 aromatic heterocycles. The Morgan fingerprint density at radius 1 is 0.872 bits per heavy atom. The first-order valence-corrected chi connectivity index (χ1v) is 16.9. The number of guanidine groups is 1. The summed E-state index contributed by atoms with van der Waals surface area (Å²) in [7, 11) is 0. The van der Waals surface area contributed by atoms with Crippen molar-refractivity contribution in [2.24, 2.45) is 34.2 Å². The van der Waals surface area contributed by atoms with Crippen LogP contribution >= 0.6 is 0 Å². The Morgan fingerprint density at radius 3 is 2.15 bits per heavy atom. The second kappa shape index (κ2) is 24.2. The van der Waals surface area contributed by atoms with Gasteiger partial charge in [0, 0.05) is 30.9 Å². The van der Waals surface area contributed by atoms with Gasteiger partial charge in [0.2, 0.25) is 5.91 Å². The molecule has 4 atom stereocenters. The molecule has 0 aromatic rings. The number of nitrogens with zero attached hydrogens (tertiary/aromatic N) is 1. The van der Waals surface area contributed by atoms with Gasteiger partial charge in [-0.05, 0) is 69.8 Å². The van der Waals surface area contributed by atoms with Crippen molar-refractivity contribution in [1.29, 1.82) is 0 Å². The van der Waals surface area contributed by atoms with Crippen LogP contribution in [0.2, 0.25) is 0 Å². The number of aliphatic imine (C=N–C) groups is 1. The average molecular weight is 647 g/mol. The van der Waals surface area contributed by atoms with Crippen molar-refractivity contribution in [2.75, 3.05) is 6.54 Å². The van der Waals surface area contributed by atoms with Crippen LogP contribution in [0.25, 0.3) is 0 Å². The maximum absolute atomic E-state index is 12.2. The first-order valence-electron chi connectivity index (χ1n) is 16.9. The molecule has 47 heavy (non-hydrogen) atoms. The van der Waals surface area contributed by atoms with Gasteiger partial charge in [0.15, 0.2) is 17.5 Å². The van der Waals surface area contributed by atoms with E-state index in [4.69, 9.17) is 11.5 Å². The first kappa shape index (κ1) is 41.0. The van der Waals surface area contributed by atoms with E-state index in [-0.39, 0.29) is 36.3 Å². The van der Waals surface area contributed by atoms with Crippen molar-refractivity contribution in [3.63, 3.8) is 0 Å². The molecule has 0 heterocycles. The van der Waals surface area contributed by atoms with Gasteiger partial charge in [0.25, 0.3) is 0 Å². The van der Waals surface area contributed by atoms with Gasteiger partial charge in [-0.2, -0.15) is 0 Å². The molecule has 1 aliphatic rings. The van der Waals surface area contributed by atoms with E-state index in [1.54, 1.807) is 25.2 Å². The van der Waals surface area contributed by atoms with Crippen molar-refractivity contribution in [2.45, 2.75) is 98.1 Å². The fraction of sp³-hybridized carbons (Fsp3) is 0.487. The molecule has 1 aliphatic carbocycles. The maximum Gasteiger partial charge on any atom is 0.247 e. The second-order valence-electron chi connectivity index (χ2n) is 12.4. The van der Waals surface area contributed by atoms with Gasteiger partial charge < -0.3 is 21.9 Å². The Kier molecular flexibility index (Phi) is 21.1. The summed E-state index contributed by atoms with van der Waals surface area (Å²) in [5.41, 5.74) is 12.1. The molecular formula is C39H58N4O4. The minimum Gasteiger partial charge on any atom is -0.388 e. The summed E-state index contributed by atoms with van der Waals surface area (Å²) in [6, 6.07) is -1.00. The van der Waals surface area contributed by atoms with Crippen molar-refractivity contribution in [1.82, 2.24) is 5.32 Å². The van der Waals surface area contributed by atoms with Gasteiger partial charge in [-0.1, -0.05) is 106 Å². The lowest BCUT2D eigenvalue weighted by Crippen LogP contribution is -2.42. The normalized spacial score (nSPS) is 18.1. The molecule has 6 N–H and O–H groups in total. The van der Waals surface area contributed by atoms with Crippen LogP contribution in [0.4, 0.5) is 0 Å². The number of aliphatic hydroxyl groups excluding tert-OH is 1. The third-order valence-electron chi connectivity index (χ3n) is 7.83. The van der Waals surface area contributed by atoms with Crippen LogP contribution in [0.1, 0.15) is 86.0 Å². The quantitative estimate of drug-likeness (QED) is 0.0212. The van der Waals surface area contributed by atoms with Crippen molar-refractivity contribution in [3.8, 4) is 0 Å². The van der Waals surface area contributed by atoms with E-state index < -0.39 is 18.1 Å². The zero-order valence-corrected chi connectivity index (χ0v) is 29.1. The molecule has 4 unspecified atom stereocenters. The second-order valence-corrected chi connectivity index (χ2v) is 12.4. The van der Waals surface area contributed by atoms with Gasteiger partial charge in [-0.25, -0.2) is 0 Å². The summed E-state index contributed by atoms with van der Waals surface area (Å²) in [6.07, 6.45) is 33.8. The average Bonchev–Trinajstić information content (AvgIpc) is 3.34. The molecule has 0 radical (unpaired) electrons. The van der Waals surface area contributed by atoms with Gasteiger partial charge in [-0.15, -0.1) is 0 Å². The number of Topliss-reactive ketones (excluding diaryl/α,β-unsaturated/α-hetero) is 2. The number of rotatable bonds is 21. The van der Waals surface area contributed by atoms with E-state index in [1.165, 1.54) is 0 Å². The largest absolute Gasteiger partial charge is 0.388 e. The SMILES string of the molecule is CC(=CC=C/C=C/C=C/C=CC(C)C(O)C(C)=CC(C)CCCC=CC(C)CC=CCCCN=C(N)N)C(=O)NC1C(=O)CCC1=O. The highest BCUT2D eigenvalue weighted by atomic mass is 16.3. The Bertz CT molecular complexity index is 1250. The molecule has 1 rings (SSSR count). The van der Waals surface area contributed by atoms with Crippen molar-refractivity contribution < 1.29 is 19.5 Å². The summed E-state index contributed by atoms with van der Waals surface area (Å²) in [6.45, 7) is 10.8. The molecule has 0 bridgehead atoms. The molecule has 0 aromatic carbocycles. The molecular weight excluding hydrogens is 588 g/mol. The van der Waals surface area contributed by atoms with Crippen LogP contribution in [0.5, 0.6) is 0 Å². The van der Waals surface area contributed by atoms with Crippen LogP contribution in [-0.2, 0) is 14.4 Å². The van der Waals surface area contributed by atoms with Gasteiger partial charge in [-0.3, -0.25) is 19.4 Å². The molecule has 0 spiro atoms. The monoisotopic (exact) mass is 646 g/mol. The summed E-state index contributed by atoms with van der Waals surface area (Å²) >= 11 is 0. The zero-order chi connectivity index (χ0) is 35.0. The number of ketones is 2. The fourth-order valence-electron chi connectivity index (χ4n) is 4.92. The number of carbonyl (C=O) groups is 3. The summed E-state index contributed by atoms with van der Waals surface area (Å²) in [4.78, 5) is 39.5. The lowest BCUT2D eigenvalue weighted by molar-refractivity contribution is -0.129. The topological polar surface area (TPSA) is 148 Å². The molecule has 1 saturated carbocycles. The number of carbonyl (C=O) groups excluding carboxylic acids is 3. The van der Waals surface area contributed by atoms with E-state index >= 15 is 0 Å². The van der Waals surface area contributed by atoms with Gasteiger partial charge >= 0.3 is 0 Å². The summed E-state index contributed by atoms with van der Waals surface area (Å²) < 4.78 is 0. The van der Waals surface area contributed by atoms with Crippen LogP contribution in [0, 0.1) is 17.8 Å². The molecule has 1 fully saturated rings. The standard InChI is InChI=1S/C39H58N4O4/c1-29(20-14-11-12-19-27-42-39(40)41)21-15-13-16-22-30(2)28-33(5)37(46)31(3)23-17-9-7-6-8-10-18-24-32(4)38(47)43-36-34(44)25-26-35(36)45/h6-11,14-15,17-18,21,23-24,28-31,36-37,46H,12-13,16,19-20,22,25-27H2,1-5H3,(H,43,47)(H4,40,41,42)/b8-6+,9-7+,14-11?,18-10?,21-15?,23-17?,32-24?,33-28?. The Balaban J connectivity index is 2.33. The van der Waals surface area contributed by atoms with Crippen molar-refractivity contribution in [3.05, 3.63) is 96.2 Å².